The van der Waals surface area contributed by atoms with Gasteiger partial charge in [0.05, 0.1) is 6.21 Å². The number of aromatic hydroxyl groups is 1. The smallest absolute Gasteiger partial charge is 0.287 e. The summed E-state index contributed by atoms with van der Waals surface area (Å²) < 4.78 is 0. The molecule has 4 aromatic rings. The quantitative estimate of drug-likeness (QED) is 0.237. The molecular formula is C27H21N3O3. The van der Waals surface area contributed by atoms with E-state index in [1.807, 2.05) is 42.5 Å². The molecule has 0 saturated heterocycles. The van der Waals surface area contributed by atoms with Gasteiger partial charge in [-0.05, 0) is 35.0 Å². The van der Waals surface area contributed by atoms with Gasteiger partial charge in [-0.15, -0.1) is 0 Å². The SMILES string of the molecule is O=C(N/N=C\c1cccc2ccccc12)/C(=C/c1ccccc1O)NC(=O)c1ccccc1. The molecule has 0 aliphatic carbocycles. The molecule has 0 unspecified atom stereocenters. The van der Waals surface area contributed by atoms with Crippen molar-refractivity contribution in [3.8, 4) is 5.75 Å². The molecule has 4 aromatic carbocycles. The van der Waals surface area contributed by atoms with Gasteiger partial charge in [-0.3, -0.25) is 9.59 Å². The third-order valence-corrected chi connectivity index (χ3v) is 4.96. The van der Waals surface area contributed by atoms with Gasteiger partial charge in [0.1, 0.15) is 11.4 Å². The maximum atomic E-state index is 12.9. The Bertz CT molecular complexity index is 1360. The topological polar surface area (TPSA) is 90.8 Å². The van der Waals surface area contributed by atoms with Crippen LogP contribution < -0.4 is 10.7 Å². The minimum absolute atomic E-state index is 0.0176. The molecule has 0 heterocycles. The number of phenols is 1. The Balaban J connectivity index is 1.58. The van der Waals surface area contributed by atoms with Crippen LogP contribution in [-0.2, 0) is 4.79 Å². The highest BCUT2D eigenvalue weighted by atomic mass is 16.3. The van der Waals surface area contributed by atoms with E-state index < -0.39 is 11.8 Å². The van der Waals surface area contributed by atoms with Crippen LogP contribution in [0.3, 0.4) is 0 Å². The second kappa shape index (κ2) is 10.1. The van der Waals surface area contributed by atoms with Crippen LogP contribution in [0.1, 0.15) is 21.5 Å². The fourth-order valence-electron chi connectivity index (χ4n) is 3.29. The van der Waals surface area contributed by atoms with Crippen LogP contribution >= 0.6 is 0 Å². The zero-order valence-corrected chi connectivity index (χ0v) is 17.6. The average molecular weight is 435 g/mol. The number of amides is 2. The van der Waals surface area contributed by atoms with E-state index in [9.17, 15) is 14.7 Å². The second-order valence-corrected chi connectivity index (χ2v) is 7.20. The van der Waals surface area contributed by atoms with E-state index in [0.29, 0.717) is 11.1 Å². The minimum Gasteiger partial charge on any atom is -0.507 e. The standard InChI is InChI=1S/C27H21N3O3/c31-25-16-7-5-12-21(25)17-24(29-26(32)20-10-2-1-3-11-20)27(33)30-28-18-22-14-8-13-19-9-4-6-15-23(19)22/h1-18,31H,(H,29,32)(H,30,33)/b24-17-,28-18-. The van der Waals surface area contributed by atoms with E-state index in [4.69, 9.17) is 0 Å². The van der Waals surface area contributed by atoms with Crippen molar-refractivity contribution in [2.75, 3.05) is 0 Å². The molecule has 0 bridgehead atoms. The Morgan fingerprint density at radius 2 is 1.42 bits per heavy atom. The van der Waals surface area contributed by atoms with E-state index in [-0.39, 0.29) is 11.4 Å². The number of rotatable bonds is 6. The van der Waals surface area contributed by atoms with Crippen LogP contribution in [0.2, 0.25) is 0 Å². The van der Waals surface area contributed by atoms with Crippen LogP contribution in [-0.4, -0.2) is 23.1 Å². The summed E-state index contributed by atoms with van der Waals surface area (Å²) in [5, 5.41) is 18.8. The molecule has 0 aliphatic rings. The molecule has 2 amide bonds. The number of para-hydroxylation sites is 1. The van der Waals surface area contributed by atoms with Gasteiger partial charge in [0.2, 0.25) is 0 Å². The highest BCUT2D eigenvalue weighted by Gasteiger charge is 2.15. The minimum atomic E-state index is -0.626. The summed E-state index contributed by atoms with van der Waals surface area (Å²) in [6.45, 7) is 0. The number of carbonyl (C=O) groups excluding carboxylic acids is 2. The molecular weight excluding hydrogens is 414 g/mol. The molecule has 6 heteroatoms. The predicted molar refractivity (Wildman–Crippen MR) is 130 cm³/mol. The summed E-state index contributed by atoms with van der Waals surface area (Å²) in [6.07, 6.45) is 2.95. The number of carbonyl (C=O) groups is 2. The number of hydrazone groups is 1. The largest absolute Gasteiger partial charge is 0.507 e. The average Bonchev–Trinajstić information content (AvgIpc) is 2.85. The normalized spacial score (nSPS) is 11.5. The zero-order chi connectivity index (χ0) is 23.0. The molecule has 0 fully saturated rings. The molecule has 3 N–H and O–H groups in total. The van der Waals surface area contributed by atoms with Gasteiger partial charge in [0, 0.05) is 16.7 Å². The van der Waals surface area contributed by atoms with Crippen LogP contribution in [0.15, 0.2) is 108 Å². The summed E-state index contributed by atoms with van der Waals surface area (Å²) in [6, 6.07) is 28.7. The number of nitrogens with one attached hydrogen (secondary N) is 2. The number of hydrogen-bond donors (Lipinski definition) is 3. The van der Waals surface area contributed by atoms with Crippen molar-refractivity contribution in [3.63, 3.8) is 0 Å². The Kier molecular flexibility index (Phi) is 6.56. The van der Waals surface area contributed by atoms with E-state index in [1.54, 1.807) is 54.7 Å². The van der Waals surface area contributed by atoms with Gasteiger partial charge in [-0.2, -0.15) is 5.10 Å². The van der Waals surface area contributed by atoms with Gasteiger partial charge < -0.3 is 10.4 Å². The van der Waals surface area contributed by atoms with Crippen LogP contribution in [0.4, 0.5) is 0 Å². The Morgan fingerprint density at radius 1 is 0.758 bits per heavy atom. The van der Waals surface area contributed by atoms with E-state index in [1.165, 1.54) is 12.1 Å². The van der Waals surface area contributed by atoms with Gasteiger partial charge >= 0.3 is 0 Å². The lowest BCUT2D eigenvalue weighted by Crippen LogP contribution is -2.32. The van der Waals surface area contributed by atoms with Crippen molar-refractivity contribution >= 4 is 34.9 Å². The first-order valence-corrected chi connectivity index (χ1v) is 10.3. The summed E-state index contributed by atoms with van der Waals surface area (Å²) in [5.74, 6) is -1.10. The van der Waals surface area contributed by atoms with Gasteiger partial charge in [0.15, 0.2) is 0 Å². The van der Waals surface area contributed by atoms with Gasteiger partial charge in [-0.25, -0.2) is 5.43 Å². The molecule has 0 spiro atoms. The molecule has 162 valence electrons. The lowest BCUT2D eigenvalue weighted by molar-refractivity contribution is -0.117. The van der Waals surface area contributed by atoms with Crippen molar-refractivity contribution in [1.29, 1.82) is 0 Å². The molecule has 0 atom stereocenters. The molecule has 0 saturated carbocycles. The molecule has 4 rings (SSSR count). The number of phenolic OH excluding ortho intramolecular Hbond substituents is 1. The number of hydrogen-bond acceptors (Lipinski definition) is 4. The molecule has 0 aliphatic heterocycles. The number of fused-ring (bicyclic) bond motifs is 1. The van der Waals surface area contributed by atoms with Crippen molar-refractivity contribution in [3.05, 3.63) is 119 Å². The lowest BCUT2D eigenvalue weighted by atomic mass is 10.1. The second-order valence-electron chi connectivity index (χ2n) is 7.20. The van der Waals surface area contributed by atoms with Crippen LogP contribution in [0.5, 0.6) is 5.75 Å². The number of nitrogens with zero attached hydrogens (tertiary/aromatic N) is 1. The lowest BCUT2D eigenvalue weighted by Gasteiger charge is -2.10. The van der Waals surface area contributed by atoms with E-state index in [2.05, 4.69) is 15.8 Å². The molecule has 33 heavy (non-hydrogen) atoms. The first-order chi connectivity index (χ1) is 16.1. The van der Waals surface area contributed by atoms with Crippen LogP contribution in [0, 0.1) is 0 Å². The summed E-state index contributed by atoms with van der Waals surface area (Å²) in [4.78, 5) is 25.5. The summed E-state index contributed by atoms with van der Waals surface area (Å²) in [5.41, 5.74) is 4.02. The zero-order valence-electron chi connectivity index (χ0n) is 17.6. The first-order valence-electron chi connectivity index (χ1n) is 10.3. The highest BCUT2D eigenvalue weighted by Crippen LogP contribution is 2.19. The van der Waals surface area contributed by atoms with Gasteiger partial charge in [-0.1, -0.05) is 78.9 Å². The predicted octanol–water partition coefficient (Wildman–Crippen LogP) is 4.47. The van der Waals surface area contributed by atoms with E-state index in [0.717, 1.165) is 16.3 Å². The Morgan fingerprint density at radius 3 is 2.24 bits per heavy atom. The van der Waals surface area contributed by atoms with Crippen molar-refractivity contribution in [2.45, 2.75) is 0 Å². The first kappa shape index (κ1) is 21.5. The monoisotopic (exact) mass is 435 g/mol. The number of benzene rings is 4. The molecule has 0 aromatic heterocycles. The fraction of sp³-hybridized carbons (Fsp3) is 0. The molecule has 6 nitrogen and oxygen atoms in total. The third kappa shape index (κ3) is 5.32. The Labute approximate surface area is 190 Å². The molecule has 0 radical (unpaired) electrons. The maximum Gasteiger partial charge on any atom is 0.287 e. The fourth-order valence-corrected chi connectivity index (χ4v) is 3.29. The van der Waals surface area contributed by atoms with Crippen LogP contribution in [0.25, 0.3) is 16.8 Å². The third-order valence-electron chi connectivity index (χ3n) is 4.96. The van der Waals surface area contributed by atoms with E-state index >= 15 is 0 Å². The van der Waals surface area contributed by atoms with Crippen molar-refractivity contribution < 1.29 is 14.7 Å². The van der Waals surface area contributed by atoms with Crippen molar-refractivity contribution in [1.82, 2.24) is 10.7 Å². The summed E-state index contributed by atoms with van der Waals surface area (Å²) in [7, 11) is 0. The van der Waals surface area contributed by atoms with Gasteiger partial charge in [0.25, 0.3) is 11.8 Å². The maximum absolute atomic E-state index is 12.9. The highest BCUT2D eigenvalue weighted by molar-refractivity contribution is 6.06. The van der Waals surface area contributed by atoms with Crippen molar-refractivity contribution in [2.24, 2.45) is 5.10 Å². The summed E-state index contributed by atoms with van der Waals surface area (Å²) >= 11 is 0. The Hall–Kier alpha value is -4.71.